The normalized spacial score (nSPS) is 12.3. The van der Waals surface area contributed by atoms with Gasteiger partial charge in [0.05, 0.1) is 22.3 Å². The van der Waals surface area contributed by atoms with Gasteiger partial charge >= 0.3 is 5.97 Å². The molecule has 0 amide bonds. The molecule has 94 valence electrons. The first kappa shape index (κ1) is 12.4. The number of hydrogen-bond donors (Lipinski definition) is 2. The van der Waals surface area contributed by atoms with E-state index in [1.54, 1.807) is 24.3 Å². The van der Waals surface area contributed by atoms with Crippen LogP contribution < -0.4 is 5.56 Å². The molecule has 0 radical (unpaired) electrons. The Morgan fingerprint density at radius 1 is 1.44 bits per heavy atom. The second kappa shape index (κ2) is 4.70. The Bertz CT molecular complexity index is 645. The lowest BCUT2D eigenvalue weighted by Gasteiger charge is -2.05. The second-order valence-electron chi connectivity index (χ2n) is 3.90. The van der Waals surface area contributed by atoms with Crippen LogP contribution in [0.15, 0.2) is 35.1 Å². The number of nitrogens with one attached hydrogen (secondary N) is 1. The maximum Gasteiger partial charge on any atom is 0.312 e. The van der Waals surface area contributed by atoms with Gasteiger partial charge in [-0.2, -0.15) is 0 Å². The average molecular weight is 267 g/mol. The summed E-state index contributed by atoms with van der Waals surface area (Å²) in [6.45, 7) is 1.50. The van der Waals surface area contributed by atoms with Crippen LogP contribution in [-0.2, 0) is 4.79 Å². The lowest BCUT2D eigenvalue weighted by atomic mass is 10.1. The van der Waals surface area contributed by atoms with Gasteiger partial charge in [0.1, 0.15) is 0 Å². The minimum atomic E-state index is -0.998. The Morgan fingerprint density at radius 2 is 2.11 bits per heavy atom. The van der Waals surface area contributed by atoms with Gasteiger partial charge in [-0.1, -0.05) is 23.7 Å². The van der Waals surface area contributed by atoms with E-state index in [1.807, 2.05) is 0 Å². The van der Waals surface area contributed by atoms with Crippen LogP contribution in [0.5, 0.6) is 0 Å². The lowest BCUT2D eigenvalue weighted by Crippen LogP contribution is -2.13. The minimum absolute atomic E-state index is 0.340. The van der Waals surface area contributed by atoms with Crippen molar-refractivity contribution < 1.29 is 9.90 Å². The second-order valence-corrected chi connectivity index (χ2v) is 4.30. The minimum Gasteiger partial charge on any atom is -0.481 e. The summed E-state index contributed by atoms with van der Waals surface area (Å²) < 4.78 is 1.23. The van der Waals surface area contributed by atoms with E-state index in [0.717, 1.165) is 0 Å². The van der Waals surface area contributed by atoms with Crippen LogP contribution >= 0.6 is 11.6 Å². The average Bonchev–Trinajstić information content (AvgIpc) is 2.71. The van der Waals surface area contributed by atoms with E-state index >= 15 is 0 Å². The van der Waals surface area contributed by atoms with Gasteiger partial charge in [0.2, 0.25) is 0 Å². The third-order valence-electron chi connectivity index (χ3n) is 2.67. The molecule has 1 aromatic heterocycles. The standard InChI is InChI=1S/C12H11ClN2O3/c1-7(12(17)18)9-6-11(16)15(14-9)10-5-3-2-4-8(10)13/h2-7,14H,1H3,(H,17,18). The van der Waals surface area contributed by atoms with Crippen LogP contribution in [0.3, 0.4) is 0 Å². The fraction of sp³-hybridized carbons (Fsp3) is 0.167. The van der Waals surface area contributed by atoms with Crippen molar-refractivity contribution >= 4 is 17.6 Å². The summed E-state index contributed by atoms with van der Waals surface area (Å²) >= 11 is 5.99. The molecule has 1 aromatic carbocycles. The van der Waals surface area contributed by atoms with Crippen molar-refractivity contribution in [1.29, 1.82) is 0 Å². The van der Waals surface area contributed by atoms with E-state index < -0.39 is 11.9 Å². The van der Waals surface area contributed by atoms with Crippen molar-refractivity contribution in [3.05, 3.63) is 51.4 Å². The molecule has 0 bridgehead atoms. The largest absolute Gasteiger partial charge is 0.481 e. The fourth-order valence-corrected chi connectivity index (χ4v) is 1.80. The smallest absolute Gasteiger partial charge is 0.312 e. The van der Waals surface area contributed by atoms with Gasteiger partial charge in [-0.05, 0) is 19.1 Å². The first-order valence-electron chi connectivity index (χ1n) is 5.30. The number of hydrogen-bond acceptors (Lipinski definition) is 2. The topological polar surface area (TPSA) is 75.1 Å². The lowest BCUT2D eigenvalue weighted by molar-refractivity contribution is -0.138. The molecule has 0 saturated carbocycles. The molecule has 1 unspecified atom stereocenters. The van der Waals surface area contributed by atoms with Gasteiger partial charge in [-0.15, -0.1) is 0 Å². The summed E-state index contributed by atoms with van der Waals surface area (Å²) in [6, 6.07) is 8.09. The highest BCUT2D eigenvalue weighted by molar-refractivity contribution is 6.32. The Morgan fingerprint density at radius 3 is 2.72 bits per heavy atom. The molecule has 2 N–H and O–H groups in total. The summed E-state index contributed by atoms with van der Waals surface area (Å²) in [4.78, 5) is 22.7. The van der Waals surface area contributed by atoms with Crippen molar-refractivity contribution in [2.45, 2.75) is 12.8 Å². The zero-order valence-electron chi connectivity index (χ0n) is 9.55. The Hall–Kier alpha value is -2.01. The molecule has 6 heteroatoms. The molecule has 0 saturated heterocycles. The summed E-state index contributed by atoms with van der Waals surface area (Å²) in [7, 11) is 0. The highest BCUT2D eigenvalue weighted by atomic mass is 35.5. The van der Waals surface area contributed by atoms with Crippen LogP contribution in [0.1, 0.15) is 18.5 Å². The summed E-state index contributed by atoms with van der Waals surface area (Å²) in [5.41, 5.74) is 0.492. The predicted octanol–water partition coefficient (Wildman–Crippen LogP) is 2.01. The molecule has 18 heavy (non-hydrogen) atoms. The Balaban J connectivity index is 2.52. The predicted molar refractivity (Wildman–Crippen MR) is 67.5 cm³/mol. The molecule has 2 aromatic rings. The number of aromatic amines is 1. The number of aromatic nitrogens is 2. The Labute approximate surface area is 108 Å². The van der Waals surface area contributed by atoms with Crippen molar-refractivity contribution in [3.8, 4) is 5.69 Å². The quantitative estimate of drug-likeness (QED) is 0.892. The molecular weight excluding hydrogens is 256 g/mol. The number of halogens is 1. The number of carbonyl (C=O) groups is 1. The number of H-pyrrole nitrogens is 1. The maximum atomic E-state index is 11.8. The Kier molecular flexibility index (Phi) is 3.25. The molecule has 0 spiro atoms. The van der Waals surface area contributed by atoms with Crippen molar-refractivity contribution in [2.75, 3.05) is 0 Å². The highest BCUT2D eigenvalue weighted by Gasteiger charge is 2.18. The summed E-state index contributed by atoms with van der Waals surface area (Å²) in [5.74, 6) is -1.77. The van der Waals surface area contributed by atoms with E-state index in [1.165, 1.54) is 17.7 Å². The van der Waals surface area contributed by atoms with Crippen molar-refractivity contribution in [1.82, 2.24) is 9.78 Å². The van der Waals surface area contributed by atoms with E-state index in [-0.39, 0.29) is 5.56 Å². The fourth-order valence-electron chi connectivity index (χ4n) is 1.58. The first-order chi connectivity index (χ1) is 8.50. The van der Waals surface area contributed by atoms with Crippen LogP contribution in [0.2, 0.25) is 5.02 Å². The third-order valence-corrected chi connectivity index (χ3v) is 2.99. The van der Waals surface area contributed by atoms with E-state index in [0.29, 0.717) is 16.4 Å². The molecule has 0 aliphatic carbocycles. The first-order valence-corrected chi connectivity index (χ1v) is 5.68. The number of nitrogens with zero attached hydrogens (tertiary/aromatic N) is 1. The monoisotopic (exact) mass is 266 g/mol. The zero-order valence-corrected chi connectivity index (χ0v) is 10.3. The van der Waals surface area contributed by atoms with E-state index in [2.05, 4.69) is 5.10 Å². The molecule has 1 heterocycles. The molecule has 5 nitrogen and oxygen atoms in total. The maximum absolute atomic E-state index is 11.8. The SMILES string of the molecule is CC(C(=O)O)c1cc(=O)n(-c2ccccc2Cl)[nH]1. The van der Waals surface area contributed by atoms with Gasteiger partial charge in [0, 0.05) is 6.07 Å². The van der Waals surface area contributed by atoms with E-state index in [4.69, 9.17) is 16.7 Å². The molecule has 0 fully saturated rings. The number of carboxylic acid groups (broad SMARTS) is 1. The summed E-state index contributed by atoms with van der Waals surface area (Å²) in [5, 5.41) is 12.1. The number of benzene rings is 1. The molecule has 2 rings (SSSR count). The van der Waals surface area contributed by atoms with Crippen LogP contribution in [0.25, 0.3) is 5.69 Å². The molecular formula is C12H11ClN2O3. The van der Waals surface area contributed by atoms with Crippen LogP contribution in [-0.4, -0.2) is 20.9 Å². The van der Waals surface area contributed by atoms with Crippen LogP contribution in [0.4, 0.5) is 0 Å². The van der Waals surface area contributed by atoms with Gasteiger partial charge in [0.15, 0.2) is 0 Å². The zero-order chi connectivity index (χ0) is 13.3. The molecule has 0 aliphatic rings. The van der Waals surface area contributed by atoms with Gasteiger partial charge < -0.3 is 5.11 Å². The van der Waals surface area contributed by atoms with Crippen molar-refractivity contribution in [3.63, 3.8) is 0 Å². The van der Waals surface area contributed by atoms with Gasteiger partial charge in [0.25, 0.3) is 5.56 Å². The number of para-hydroxylation sites is 1. The van der Waals surface area contributed by atoms with Gasteiger partial charge in [-0.25, -0.2) is 4.68 Å². The van der Waals surface area contributed by atoms with E-state index in [9.17, 15) is 9.59 Å². The number of carboxylic acids is 1. The highest BCUT2D eigenvalue weighted by Crippen LogP contribution is 2.19. The molecule has 1 atom stereocenters. The van der Waals surface area contributed by atoms with Gasteiger partial charge in [-0.3, -0.25) is 14.7 Å². The van der Waals surface area contributed by atoms with Crippen LogP contribution in [0, 0.1) is 0 Å². The third kappa shape index (κ3) is 2.17. The molecule has 0 aliphatic heterocycles. The number of rotatable bonds is 3. The summed E-state index contributed by atoms with van der Waals surface area (Å²) in [6.07, 6.45) is 0. The number of aliphatic carboxylic acids is 1. The van der Waals surface area contributed by atoms with Crippen molar-refractivity contribution in [2.24, 2.45) is 0 Å².